The maximum absolute atomic E-state index is 11.7. The lowest BCUT2D eigenvalue weighted by molar-refractivity contribution is -0.671. The van der Waals surface area contributed by atoms with Crippen LogP contribution in [-0.4, -0.2) is 5.97 Å². The van der Waals surface area contributed by atoms with Gasteiger partial charge in [0, 0.05) is 17.7 Å². The standard InChI is InChI=1S/C14H14NO2/c1-15-9-7-12(8-10-15)11-17-14(16)13-5-3-2-4-6-13/h2-10H,11H2,1H3/q+1. The van der Waals surface area contributed by atoms with Crippen LogP contribution in [0.4, 0.5) is 0 Å². The monoisotopic (exact) mass is 228 g/mol. The van der Waals surface area contributed by atoms with E-state index in [1.807, 2.05) is 54.3 Å². The topological polar surface area (TPSA) is 30.2 Å². The second kappa shape index (κ2) is 5.25. The van der Waals surface area contributed by atoms with E-state index in [0.29, 0.717) is 12.2 Å². The van der Waals surface area contributed by atoms with E-state index in [0.717, 1.165) is 5.56 Å². The smallest absolute Gasteiger partial charge is 0.338 e. The molecule has 0 bridgehead atoms. The van der Waals surface area contributed by atoms with Gasteiger partial charge < -0.3 is 4.74 Å². The fourth-order valence-electron chi connectivity index (χ4n) is 1.43. The average Bonchev–Trinajstić information content (AvgIpc) is 2.39. The highest BCUT2D eigenvalue weighted by Gasteiger charge is 2.06. The van der Waals surface area contributed by atoms with Crippen molar-refractivity contribution in [3.8, 4) is 0 Å². The van der Waals surface area contributed by atoms with Gasteiger partial charge in [0.15, 0.2) is 12.4 Å². The van der Waals surface area contributed by atoms with Gasteiger partial charge in [-0.25, -0.2) is 9.36 Å². The predicted molar refractivity (Wildman–Crippen MR) is 63.2 cm³/mol. The molecule has 0 saturated carbocycles. The van der Waals surface area contributed by atoms with Gasteiger partial charge in [-0.1, -0.05) is 18.2 Å². The quantitative estimate of drug-likeness (QED) is 0.593. The molecule has 86 valence electrons. The molecule has 0 N–H and O–H groups in total. The summed E-state index contributed by atoms with van der Waals surface area (Å²) in [6.45, 7) is 0.300. The molecule has 0 fully saturated rings. The highest BCUT2D eigenvalue weighted by Crippen LogP contribution is 2.04. The van der Waals surface area contributed by atoms with Crippen molar-refractivity contribution in [3.63, 3.8) is 0 Å². The molecule has 1 aromatic heterocycles. The Morgan fingerprint density at radius 2 is 1.76 bits per heavy atom. The molecule has 3 heteroatoms. The molecule has 0 spiro atoms. The number of hydrogen-bond acceptors (Lipinski definition) is 2. The summed E-state index contributed by atoms with van der Waals surface area (Å²) in [5, 5.41) is 0. The van der Waals surface area contributed by atoms with E-state index in [9.17, 15) is 4.79 Å². The Kier molecular flexibility index (Phi) is 3.50. The average molecular weight is 228 g/mol. The molecule has 17 heavy (non-hydrogen) atoms. The predicted octanol–water partition coefficient (Wildman–Crippen LogP) is 1.87. The molecule has 0 aliphatic carbocycles. The van der Waals surface area contributed by atoms with Crippen LogP contribution >= 0.6 is 0 Å². The normalized spacial score (nSPS) is 9.94. The molecule has 0 radical (unpaired) electrons. The number of hydrogen-bond donors (Lipinski definition) is 0. The Balaban J connectivity index is 1.95. The Labute approximate surface area is 100 Å². The second-order valence-corrected chi connectivity index (χ2v) is 3.81. The first kappa shape index (κ1) is 11.3. The Hall–Kier alpha value is -2.16. The lowest BCUT2D eigenvalue weighted by Crippen LogP contribution is -2.26. The first-order valence-electron chi connectivity index (χ1n) is 5.42. The Bertz CT molecular complexity index is 491. The van der Waals surface area contributed by atoms with E-state index in [1.54, 1.807) is 12.1 Å². The molecular weight excluding hydrogens is 214 g/mol. The van der Waals surface area contributed by atoms with Gasteiger partial charge in [0.05, 0.1) is 5.56 Å². The van der Waals surface area contributed by atoms with Gasteiger partial charge in [0.1, 0.15) is 13.7 Å². The number of carbonyl (C=O) groups excluding carboxylic acids is 1. The molecule has 0 aliphatic rings. The zero-order valence-electron chi connectivity index (χ0n) is 9.67. The molecule has 0 saturated heterocycles. The van der Waals surface area contributed by atoms with E-state index >= 15 is 0 Å². The summed E-state index contributed by atoms with van der Waals surface area (Å²) >= 11 is 0. The lowest BCUT2D eigenvalue weighted by Gasteiger charge is -2.03. The minimum atomic E-state index is -0.293. The third-order valence-electron chi connectivity index (χ3n) is 2.43. The molecule has 1 heterocycles. The zero-order valence-corrected chi connectivity index (χ0v) is 9.67. The van der Waals surface area contributed by atoms with Crippen molar-refractivity contribution in [3.05, 3.63) is 66.0 Å². The van der Waals surface area contributed by atoms with E-state index in [1.165, 1.54) is 0 Å². The van der Waals surface area contributed by atoms with Crippen LogP contribution in [0.2, 0.25) is 0 Å². The maximum Gasteiger partial charge on any atom is 0.338 e. The van der Waals surface area contributed by atoms with Crippen molar-refractivity contribution >= 4 is 5.97 Å². The van der Waals surface area contributed by atoms with Gasteiger partial charge in [-0.15, -0.1) is 0 Å². The summed E-state index contributed by atoms with van der Waals surface area (Å²) in [6.07, 6.45) is 3.84. The summed E-state index contributed by atoms with van der Waals surface area (Å²) in [5.41, 5.74) is 1.56. The van der Waals surface area contributed by atoms with Gasteiger partial charge in [-0.2, -0.15) is 0 Å². The minimum Gasteiger partial charge on any atom is -0.457 e. The number of ether oxygens (including phenoxy) is 1. The van der Waals surface area contributed by atoms with Crippen LogP contribution in [0, 0.1) is 0 Å². The summed E-state index contributed by atoms with van der Waals surface area (Å²) in [4.78, 5) is 11.7. The zero-order chi connectivity index (χ0) is 12.1. The van der Waals surface area contributed by atoms with Crippen LogP contribution in [-0.2, 0) is 18.4 Å². The molecule has 2 rings (SSSR count). The Morgan fingerprint density at radius 3 is 2.41 bits per heavy atom. The molecule has 1 aromatic carbocycles. The van der Waals surface area contributed by atoms with Crippen LogP contribution in [0.25, 0.3) is 0 Å². The molecule has 2 aromatic rings. The third kappa shape index (κ3) is 3.14. The molecular formula is C14H14NO2+. The number of carbonyl (C=O) groups is 1. The summed E-state index contributed by atoms with van der Waals surface area (Å²) in [7, 11) is 1.94. The van der Waals surface area contributed by atoms with Crippen LogP contribution in [0.15, 0.2) is 54.9 Å². The SMILES string of the molecule is C[n+]1ccc(COC(=O)c2ccccc2)cc1. The fraction of sp³-hybridized carbons (Fsp3) is 0.143. The number of aryl methyl sites for hydroxylation is 1. The van der Waals surface area contributed by atoms with Gasteiger partial charge in [0.2, 0.25) is 0 Å². The molecule has 0 amide bonds. The molecule has 0 unspecified atom stereocenters. The van der Waals surface area contributed by atoms with Crippen LogP contribution < -0.4 is 4.57 Å². The Morgan fingerprint density at radius 1 is 1.12 bits per heavy atom. The van der Waals surface area contributed by atoms with Crippen molar-refractivity contribution in [1.82, 2.24) is 0 Å². The van der Waals surface area contributed by atoms with Crippen LogP contribution in [0.1, 0.15) is 15.9 Å². The molecule has 3 nitrogen and oxygen atoms in total. The number of benzene rings is 1. The first-order chi connectivity index (χ1) is 8.25. The van der Waals surface area contributed by atoms with Crippen LogP contribution in [0.5, 0.6) is 0 Å². The van der Waals surface area contributed by atoms with Crippen molar-refractivity contribution in [2.75, 3.05) is 0 Å². The van der Waals surface area contributed by atoms with Gasteiger partial charge in [-0.3, -0.25) is 0 Å². The van der Waals surface area contributed by atoms with E-state index in [4.69, 9.17) is 4.74 Å². The largest absolute Gasteiger partial charge is 0.457 e. The van der Waals surface area contributed by atoms with Crippen LogP contribution in [0.3, 0.4) is 0 Å². The number of pyridine rings is 1. The summed E-state index contributed by atoms with van der Waals surface area (Å²) in [6, 6.07) is 12.9. The lowest BCUT2D eigenvalue weighted by atomic mass is 10.2. The third-order valence-corrected chi connectivity index (χ3v) is 2.43. The highest BCUT2D eigenvalue weighted by molar-refractivity contribution is 5.89. The number of rotatable bonds is 3. The molecule has 0 atom stereocenters. The minimum absolute atomic E-state index is 0.293. The van der Waals surface area contributed by atoms with Crippen molar-refractivity contribution in [1.29, 1.82) is 0 Å². The van der Waals surface area contributed by atoms with E-state index < -0.39 is 0 Å². The summed E-state index contributed by atoms with van der Waals surface area (Å²) in [5.74, 6) is -0.293. The fourth-order valence-corrected chi connectivity index (χ4v) is 1.43. The van der Waals surface area contributed by atoms with E-state index in [-0.39, 0.29) is 5.97 Å². The number of nitrogens with zero attached hydrogens (tertiary/aromatic N) is 1. The van der Waals surface area contributed by atoms with Gasteiger partial charge in [0.25, 0.3) is 0 Å². The number of aromatic nitrogens is 1. The molecule has 0 aliphatic heterocycles. The highest BCUT2D eigenvalue weighted by atomic mass is 16.5. The first-order valence-corrected chi connectivity index (χ1v) is 5.42. The van der Waals surface area contributed by atoms with Gasteiger partial charge >= 0.3 is 5.97 Å². The van der Waals surface area contributed by atoms with Crippen molar-refractivity contribution < 1.29 is 14.1 Å². The maximum atomic E-state index is 11.7. The van der Waals surface area contributed by atoms with Gasteiger partial charge in [-0.05, 0) is 12.1 Å². The van der Waals surface area contributed by atoms with E-state index in [2.05, 4.69) is 0 Å². The summed E-state index contributed by atoms with van der Waals surface area (Å²) < 4.78 is 7.14. The van der Waals surface area contributed by atoms with Crippen molar-refractivity contribution in [2.24, 2.45) is 7.05 Å². The number of esters is 1. The van der Waals surface area contributed by atoms with Crippen molar-refractivity contribution in [2.45, 2.75) is 6.61 Å². The second-order valence-electron chi connectivity index (χ2n) is 3.81.